The maximum absolute atomic E-state index is 5.65. The van der Waals surface area contributed by atoms with Gasteiger partial charge in [-0.2, -0.15) is 4.57 Å². The molecule has 0 saturated heterocycles. The van der Waals surface area contributed by atoms with E-state index in [0.29, 0.717) is 6.54 Å². The third-order valence-corrected chi connectivity index (χ3v) is 4.48. The third-order valence-electron chi connectivity index (χ3n) is 4.48. The van der Waals surface area contributed by atoms with Gasteiger partial charge in [0.2, 0.25) is 11.0 Å². The Hall–Kier alpha value is -2.30. The van der Waals surface area contributed by atoms with Gasteiger partial charge in [-0.1, -0.05) is 24.3 Å². The molecule has 0 radical (unpaired) electrons. The number of nitrogens with two attached hydrogens (primary N) is 1. The maximum atomic E-state index is 5.65. The number of anilines is 1. The zero-order valence-electron chi connectivity index (χ0n) is 13.6. The molecule has 24 heavy (non-hydrogen) atoms. The Morgan fingerprint density at radius 3 is 2.54 bits per heavy atom. The van der Waals surface area contributed by atoms with Gasteiger partial charge < -0.3 is 28.4 Å². The second-order valence-electron chi connectivity index (χ2n) is 5.91. The molecule has 0 aliphatic rings. The van der Waals surface area contributed by atoms with Crippen molar-refractivity contribution in [2.45, 2.75) is 6.42 Å². The molecule has 2 aromatic heterocycles. The van der Waals surface area contributed by atoms with Gasteiger partial charge in [0.05, 0.1) is 22.0 Å². The number of nitrogens with one attached hydrogen (secondary N) is 2. The fourth-order valence-corrected chi connectivity index (χ4v) is 3.39. The summed E-state index contributed by atoms with van der Waals surface area (Å²) in [5.41, 5.74) is 11.6. The first kappa shape index (κ1) is 16.6. The maximum Gasteiger partial charge on any atom is 0.240 e. The summed E-state index contributed by atoms with van der Waals surface area (Å²) in [5.74, 6) is 0. The fourth-order valence-electron chi connectivity index (χ4n) is 3.39. The van der Waals surface area contributed by atoms with E-state index in [1.54, 1.807) is 0 Å². The number of nitrogens with zero attached hydrogens (tertiary/aromatic N) is 1. The van der Waals surface area contributed by atoms with Crippen molar-refractivity contribution in [1.29, 1.82) is 0 Å². The van der Waals surface area contributed by atoms with Crippen LogP contribution in [0.1, 0.15) is 6.42 Å². The van der Waals surface area contributed by atoms with Gasteiger partial charge in [0, 0.05) is 12.6 Å². The molecule has 0 fully saturated rings. The molecule has 124 valence electrons. The minimum absolute atomic E-state index is 0. The van der Waals surface area contributed by atoms with Crippen LogP contribution in [0, 0.1) is 0 Å². The summed E-state index contributed by atoms with van der Waals surface area (Å²) in [6.07, 6.45) is 0.955. The molecule has 4 aromatic rings. The standard InChI is InChI=1S/C19H20N4.ClH/c1-23-16-10-5-3-8-14(16)17(21-12-6-11-20)18-19(23)13-7-2-4-9-15(13)22-18;/h2-5,7-10H,6,11-12,20H2,1H3,(H,21,22);1H. The van der Waals surface area contributed by atoms with E-state index >= 15 is 0 Å². The molecule has 0 bridgehead atoms. The van der Waals surface area contributed by atoms with Crippen LogP contribution in [-0.2, 0) is 7.05 Å². The molecule has 0 aliphatic heterocycles. The smallest absolute Gasteiger partial charge is 0.240 e. The van der Waals surface area contributed by atoms with E-state index in [-0.39, 0.29) is 12.4 Å². The first-order chi connectivity index (χ1) is 11.3. The van der Waals surface area contributed by atoms with Gasteiger partial charge in [0.15, 0.2) is 0 Å². The number of hydrogen-bond donors (Lipinski definition) is 3. The van der Waals surface area contributed by atoms with Crippen molar-refractivity contribution in [3.8, 4) is 0 Å². The average molecular weight is 341 g/mol. The Morgan fingerprint density at radius 1 is 1.04 bits per heavy atom. The summed E-state index contributed by atoms with van der Waals surface area (Å²) in [6.45, 7) is 1.57. The summed E-state index contributed by atoms with van der Waals surface area (Å²) in [6, 6.07) is 17.0. The first-order valence-electron chi connectivity index (χ1n) is 8.06. The van der Waals surface area contributed by atoms with Gasteiger partial charge in [-0.05, 0) is 31.2 Å². The van der Waals surface area contributed by atoms with Gasteiger partial charge in [0.25, 0.3) is 0 Å². The summed E-state index contributed by atoms with van der Waals surface area (Å²) in [5, 5.41) is 6.07. The Morgan fingerprint density at radius 2 is 1.75 bits per heavy atom. The lowest BCUT2D eigenvalue weighted by Gasteiger charge is -2.10. The minimum Gasteiger partial charge on any atom is -1.00 e. The Kier molecular flexibility index (Phi) is 4.60. The SMILES string of the molecule is C[n+]1c2ccccc2c(NCCCN)c2[nH]c3ccccc3c21.[Cl-]. The second kappa shape index (κ2) is 6.67. The minimum atomic E-state index is 0. The number of fused-ring (bicyclic) bond motifs is 4. The van der Waals surface area contributed by atoms with E-state index in [2.05, 4.69) is 70.4 Å². The normalized spacial score (nSPS) is 11.1. The zero-order valence-corrected chi connectivity index (χ0v) is 14.4. The summed E-state index contributed by atoms with van der Waals surface area (Å²) >= 11 is 0. The van der Waals surface area contributed by atoms with E-state index in [4.69, 9.17) is 5.73 Å². The summed E-state index contributed by atoms with van der Waals surface area (Å²) in [4.78, 5) is 3.59. The predicted molar refractivity (Wildman–Crippen MR) is 96.6 cm³/mol. The number of aryl methyl sites for hydroxylation is 1. The van der Waals surface area contributed by atoms with Gasteiger partial charge in [-0.25, -0.2) is 0 Å². The van der Waals surface area contributed by atoms with Crippen LogP contribution >= 0.6 is 0 Å². The number of H-pyrrole nitrogens is 1. The molecule has 2 heterocycles. The molecule has 4 N–H and O–H groups in total. The lowest BCUT2D eigenvalue weighted by Crippen LogP contribution is -3.00. The molecule has 5 heteroatoms. The van der Waals surface area contributed by atoms with Gasteiger partial charge in [-0.15, -0.1) is 0 Å². The van der Waals surface area contributed by atoms with Crippen LogP contribution in [0.3, 0.4) is 0 Å². The Balaban J connectivity index is 0.00000169. The lowest BCUT2D eigenvalue weighted by molar-refractivity contribution is -0.616. The Bertz CT molecular complexity index is 1010. The monoisotopic (exact) mass is 340 g/mol. The quantitative estimate of drug-likeness (QED) is 0.363. The van der Waals surface area contributed by atoms with Gasteiger partial charge >= 0.3 is 0 Å². The zero-order chi connectivity index (χ0) is 15.8. The molecule has 0 aliphatic carbocycles. The molecule has 4 nitrogen and oxygen atoms in total. The molecule has 0 unspecified atom stereocenters. The van der Waals surface area contributed by atoms with E-state index < -0.39 is 0 Å². The number of benzene rings is 2. The van der Waals surface area contributed by atoms with Gasteiger partial charge in [0.1, 0.15) is 12.6 Å². The average Bonchev–Trinajstić information content (AvgIpc) is 2.97. The summed E-state index contributed by atoms with van der Waals surface area (Å²) < 4.78 is 2.28. The number of halogens is 1. The molecule has 0 amide bonds. The van der Waals surface area contributed by atoms with Crippen molar-refractivity contribution in [2.24, 2.45) is 12.8 Å². The van der Waals surface area contributed by atoms with Crippen LogP contribution in [-0.4, -0.2) is 18.1 Å². The van der Waals surface area contributed by atoms with Crippen LogP contribution in [0.5, 0.6) is 0 Å². The van der Waals surface area contributed by atoms with Crippen molar-refractivity contribution in [3.05, 3.63) is 48.5 Å². The number of aromatic amines is 1. The molecular weight excluding hydrogens is 320 g/mol. The van der Waals surface area contributed by atoms with Crippen LogP contribution in [0.4, 0.5) is 5.69 Å². The van der Waals surface area contributed by atoms with Crippen molar-refractivity contribution < 1.29 is 17.0 Å². The second-order valence-corrected chi connectivity index (χ2v) is 5.91. The number of hydrogen-bond acceptors (Lipinski definition) is 2. The van der Waals surface area contributed by atoms with Gasteiger partial charge in [-0.3, -0.25) is 0 Å². The highest BCUT2D eigenvalue weighted by atomic mass is 35.5. The predicted octanol–water partition coefficient (Wildman–Crippen LogP) is 0.0635. The first-order valence-corrected chi connectivity index (χ1v) is 8.06. The van der Waals surface area contributed by atoms with E-state index in [9.17, 15) is 0 Å². The van der Waals surface area contributed by atoms with Crippen molar-refractivity contribution in [3.63, 3.8) is 0 Å². The molecule has 4 rings (SSSR count). The van der Waals surface area contributed by atoms with Crippen LogP contribution in [0.25, 0.3) is 32.8 Å². The van der Waals surface area contributed by atoms with E-state index in [0.717, 1.165) is 24.0 Å². The van der Waals surface area contributed by atoms with Crippen molar-refractivity contribution in [2.75, 3.05) is 18.4 Å². The highest BCUT2D eigenvalue weighted by Gasteiger charge is 2.21. The summed E-state index contributed by atoms with van der Waals surface area (Å²) in [7, 11) is 2.13. The molecule has 0 saturated carbocycles. The van der Waals surface area contributed by atoms with Crippen LogP contribution in [0.2, 0.25) is 0 Å². The van der Waals surface area contributed by atoms with Crippen molar-refractivity contribution in [1.82, 2.24) is 4.98 Å². The highest BCUT2D eigenvalue weighted by molar-refractivity contribution is 6.13. The molecule has 0 atom stereocenters. The van der Waals surface area contributed by atoms with Crippen molar-refractivity contribution >= 4 is 38.5 Å². The Labute approximate surface area is 147 Å². The largest absolute Gasteiger partial charge is 1.00 e. The fraction of sp³-hybridized carbons (Fsp3) is 0.211. The number of pyridine rings is 1. The number of rotatable bonds is 4. The van der Waals surface area contributed by atoms with Crippen LogP contribution < -0.4 is 28.0 Å². The molecule has 2 aromatic carbocycles. The van der Waals surface area contributed by atoms with Crippen LogP contribution in [0.15, 0.2) is 48.5 Å². The number of aromatic nitrogens is 2. The number of para-hydroxylation sites is 2. The third kappa shape index (κ3) is 2.48. The van der Waals surface area contributed by atoms with E-state index in [1.807, 2.05) is 0 Å². The lowest BCUT2D eigenvalue weighted by atomic mass is 10.1. The van der Waals surface area contributed by atoms with E-state index in [1.165, 1.54) is 27.5 Å². The topological polar surface area (TPSA) is 57.7 Å². The molecular formula is C19H21ClN4. The highest BCUT2D eigenvalue weighted by Crippen LogP contribution is 2.33. The molecule has 0 spiro atoms.